The van der Waals surface area contributed by atoms with Crippen LogP contribution in [0.25, 0.3) is 11.5 Å². The van der Waals surface area contributed by atoms with Crippen molar-refractivity contribution in [3.05, 3.63) is 48.5 Å². The molecule has 1 amide bonds. The number of para-hydroxylation sites is 2. The lowest BCUT2D eigenvalue weighted by Gasteiger charge is -2.09. The first-order valence-electron chi connectivity index (χ1n) is 9.04. The number of aromatic nitrogens is 2. The number of carbonyl (C=O) groups excluding carboxylic acids is 1. The highest BCUT2D eigenvalue weighted by Gasteiger charge is 2.19. The quantitative estimate of drug-likeness (QED) is 0.578. The molecule has 3 rings (SSSR count). The van der Waals surface area contributed by atoms with E-state index in [0.717, 1.165) is 0 Å². The molecule has 1 aromatic heterocycles. The minimum Gasteiger partial charge on any atom is -0.493 e. The lowest BCUT2D eigenvalue weighted by Crippen LogP contribution is -2.20. The molecule has 158 valence electrons. The molecule has 0 spiro atoms. The van der Waals surface area contributed by atoms with Crippen LogP contribution in [0.2, 0.25) is 0 Å². The van der Waals surface area contributed by atoms with E-state index < -0.39 is 21.0 Å². The molecule has 0 aliphatic rings. The monoisotopic (exact) mass is 431 g/mol. The fourth-order valence-corrected chi connectivity index (χ4v) is 3.55. The van der Waals surface area contributed by atoms with Gasteiger partial charge < -0.3 is 13.9 Å². The Morgan fingerprint density at radius 2 is 1.73 bits per heavy atom. The van der Waals surface area contributed by atoms with Crippen molar-refractivity contribution < 1.29 is 27.1 Å². The van der Waals surface area contributed by atoms with Gasteiger partial charge in [-0.25, -0.2) is 8.42 Å². The first-order valence-corrected chi connectivity index (χ1v) is 10.6. The number of benzene rings is 2. The molecule has 9 nitrogen and oxygen atoms in total. The number of anilines is 1. The molecular weight excluding hydrogens is 410 g/mol. The fourth-order valence-electron chi connectivity index (χ4n) is 2.49. The van der Waals surface area contributed by atoms with Crippen LogP contribution in [0.4, 0.5) is 6.01 Å². The van der Waals surface area contributed by atoms with E-state index in [1.165, 1.54) is 19.2 Å². The first-order chi connectivity index (χ1) is 14.3. The average Bonchev–Trinajstić information content (AvgIpc) is 3.20. The predicted octanol–water partition coefficient (Wildman–Crippen LogP) is 2.94. The Kier molecular flexibility index (Phi) is 6.36. The van der Waals surface area contributed by atoms with E-state index in [9.17, 15) is 13.2 Å². The summed E-state index contributed by atoms with van der Waals surface area (Å²) in [5, 5.41) is 9.57. The largest absolute Gasteiger partial charge is 0.493 e. The summed E-state index contributed by atoms with van der Waals surface area (Å²) in [5.41, 5.74) is 0.524. The summed E-state index contributed by atoms with van der Waals surface area (Å²) in [6, 6.07) is 12.9. The van der Waals surface area contributed by atoms with Crippen molar-refractivity contribution in [1.82, 2.24) is 10.2 Å². The summed E-state index contributed by atoms with van der Waals surface area (Å²) in [6.45, 7) is 2.96. The van der Waals surface area contributed by atoms with Crippen molar-refractivity contribution in [1.29, 1.82) is 0 Å². The number of nitrogens with zero attached hydrogens (tertiary/aromatic N) is 2. The van der Waals surface area contributed by atoms with Gasteiger partial charge in [0.15, 0.2) is 27.9 Å². The van der Waals surface area contributed by atoms with E-state index in [2.05, 4.69) is 15.5 Å². The minimum atomic E-state index is -3.37. The smallest absolute Gasteiger partial charge is 0.322 e. The molecule has 2 aromatic carbocycles. The minimum absolute atomic E-state index is 0.0995. The van der Waals surface area contributed by atoms with Gasteiger partial charge in [0.25, 0.3) is 5.91 Å². The number of ether oxygens (including phenoxy) is 2. The van der Waals surface area contributed by atoms with Gasteiger partial charge in [0.05, 0.1) is 17.3 Å². The molecule has 30 heavy (non-hydrogen) atoms. The number of sulfone groups is 1. The number of amides is 1. The van der Waals surface area contributed by atoms with Gasteiger partial charge >= 0.3 is 6.01 Å². The first kappa shape index (κ1) is 21.3. The molecule has 0 fully saturated rings. The molecule has 1 heterocycles. The van der Waals surface area contributed by atoms with Crippen molar-refractivity contribution >= 4 is 21.8 Å². The van der Waals surface area contributed by atoms with Crippen LogP contribution in [-0.2, 0) is 14.6 Å². The van der Waals surface area contributed by atoms with Crippen molar-refractivity contribution in [2.45, 2.75) is 24.0 Å². The third-order valence-electron chi connectivity index (χ3n) is 4.15. The van der Waals surface area contributed by atoms with Crippen LogP contribution in [-0.4, -0.2) is 43.5 Å². The zero-order valence-electron chi connectivity index (χ0n) is 16.7. The van der Waals surface area contributed by atoms with E-state index in [1.807, 2.05) is 0 Å². The van der Waals surface area contributed by atoms with Crippen molar-refractivity contribution in [2.24, 2.45) is 0 Å². The van der Waals surface area contributed by atoms with Gasteiger partial charge in [-0.05, 0) is 50.2 Å². The van der Waals surface area contributed by atoms with Crippen LogP contribution >= 0.6 is 0 Å². The molecule has 0 bridgehead atoms. The Balaban J connectivity index is 1.63. The van der Waals surface area contributed by atoms with E-state index in [0.29, 0.717) is 17.1 Å². The van der Waals surface area contributed by atoms with Crippen LogP contribution in [0.15, 0.2) is 57.8 Å². The number of hydrogen-bond acceptors (Lipinski definition) is 8. The van der Waals surface area contributed by atoms with Gasteiger partial charge in [-0.1, -0.05) is 17.2 Å². The Morgan fingerprint density at radius 1 is 1.07 bits per heavy atom. The molecule has 1 N–H and O–H groups in total. The molecule has 0 atom stereocenters. The lowest BCUT2D eigenvalue weighted by molar-refractivity contribution is -0.118. The Hall–Kier alpha value is -3.40. The van der Waals surface area contributed by atoms with Gasteiger partial charge in [0.2, 0.25) is 5.89 Å². The zero-order chi connectivity index (χ0) is 21.7. The van der Waals surface area contributed by atoms with Crippen molar-refractivity contribution in [2.75, 3.05) is 19.0 Å². The number of rotatable bonds is 8. The van der Waals surface area contributed by atoms with Gasteiger partial charge in [0.1, 0.15) is 0 Å². The molecule has 0 aliphatic heterocycles. The van der Waals surface area contributed by atoms with E-state index in [1.54, 1.807) is 50.2 Å². The summed E-state index contributed by atoms with van der Waals surface area (Å²) < 4.78 is 40.4. The van der Waals surface area contributed by atoms with E-state index in [-0.39, 0.29) is 23.4 Å². The van der Waals surface area contributed by atoms with E-state index in [4.69, 9.17) is 13.9 Å². The summed E-state index contributed by atoms with van der Waals surface area (Å²) >= 11 is 0. The molecule has 3 aromatic rings. The Bertz CT molecular complexity index is 1120. The maximum Gasteiger partial charge on any atom is 0.322 e. The van der Waals surface area contributed by atoms with Crippen molar-refractivity contribution in [3.8, 4) is 23.0 Å². The predicted molar refractivity (Wildman–Crippen MR) is 109 cm³/mol. The number of carbonyl (C=O) groups is 1. The third kappa shape index (κ3) is 4.77. The summed E-state index contributed by atoms with van der Waals surface area (Å²) in [7, 11) is -1.86. The summed E-state index contributed by atoms with van der Waals surface area (Å²) in [6.07, 6.45) is 0. The number of methoxy groups -OCH3 is 1. The van der Waals surface area contributed by atoms with Crippen LogP contribution in [0.1, 0.15) is 13.8 Å². The number of hydrogen-bond donors (Lipinski definition) is 1. The fraction of sp³-hybridized carbons (Fsp3) is 0.250. The molecule has 0 radical (unpaired) electrons. The van der Waals surface area contributed by atoms with Crippen molar-refractivity contribution in [3.63, 3.8) is 0 Å². The van der Waals surface area contributed by atoms with Gasteiger partial charge in [0, 0.05) is 5.56 Å². The maximum absolute atomic E-state index is 12.2. The molecule has 0 unspecified atom stereocenters. The van der Waals surface area contributed by atoms with Gasteiger partial charge in [-0.3, -0.25) is 10.1 Å². The SMILES string of the molecule is COc1ccccc1OCC(=O)Nc1nnc(-c2ccc(S(=O)(=O)C(C)C)cc2)o1. The van der Waals surface area contributed by atoms with Gasteiger partial charge in [-0.2, -0.15) is 0 Å². The molecule has 0 aliphatic carbocycles. The second-order valence-electron chi connectivity index (χ2n) is 6.52. The summed E-state index contributed by atoms with van der Waals surface area (Å²) in [5.74, 6) is 0.588. The topological polar surface area (TPSA) is 121 Å². The molecular formula is C20H21N3O6S. The maximum atomic E-state index is 12.2. The Labute approximate surface area is 174 Å². The molecule has 0 saturated heterocycles. The van der Waals surface area contributed by atoms with Crippen LogP contribution in [0.3, 0.4) is 0 Å². The molecule has 10 heteroatoms. The van der Waals surface area contributed by atoms with Crippen LogP contribution in [0, 0.1) is 0 Å². The zero-order valence-corrected chi connectivity index (χ0v) is 17.5. The highest BCUT2D eigenvalue weighted by atomic mass is 32.2. The summed E-state index contributed by atoms with van der Waals surface area (Å²) in [4.78, 5) is 12.3. The normalized spacial score (nSPS) is 11.3. The second kappa shape index (κ2) is 8.95. The lowest BCUT2D eigenvalue weighted by atomic mass is 10.2. The highest BCUT2D eigenvalue weighted by Crippen LogP contribution is 2.26. The second-order valence-corrected chi connectivity index (χ2v) is 9.02. The van der Waals surface area contributed by atoms with E-state index >= 15 is 0 Å². The average molecular weight is 431 g/mol. The van der Waals surface area contributed by atoms with Gasteiger partial charge in [-0.15, -0.1) is 5.10 Å². The van der Waals surface area contributed by atoms with Crippen LogP contribution < -0.4 is 14.8 Å². The Morgan fingerprint density at radius 3 is 2.37 bits per heavy atom. The highest BCUT2D eigenvalue weighted by molar-refractivity contribution is 7.92. The molecule has 0 saturated carbocycles. The number of nitrogens with one attached hydrogen (secondary N) is 1. The standard InChI is InChI=1S/C20H21N3O6S/c1-13(2)30(25,26)15-10-8-14(9-11-15)19-22-23-20(29-19)21-18(24)12-28-17-7-5-4-6-16(17)27-3/h4-11,13H,12H2,1-3H3,(H,21,23,24). The third-order valence-corrected chi connectivity index (χ3v) is 6.32. The van der Waals surface area contributed by atoms with Crippen LogP contribution in [0.5, 0.6) is 11.5 Å².